The number of ether oxygens (including phenoxy) is 2. The Labute approximate surface area is 268 Å². The Morgan fingerprint density at radius 1 is 0.913 bits per heavy atom. The smallest absolute Gasteiger partial charge is 0.255 e. The average Bonchev–Trinajstić information content (AvgIpc) is 3.50. The molecule has 0 bridgehead atoms. The lowest BCUT2D eigenvalue weighted by atomic mass is 10.1. The van der Waals surface area contributed by atoms with Gasteiger partial charge in [-0.2, -0.15) is 0 Å². The van der Waals surface area contributed by atoms with Crippen molar-refractivity contribution in [2.75, 3.05) is 27.2 Å². The van der Waals surface area contributed by atoms with Gasteiger partial charge in [0.15, 0.2) is 5.78 Å². The van der Waals surface area contributed by atoms with Crippen molar-refractivity contribution in [3.8, 4) is 11.5 Å². The summed E-state index contributed by atoms with van der Waals surface area (Å²) in [5.41, 5.74) is 13.0. The molecule has 2 unspecified atom stereocenters. The number of nitrogens with one attached hydrogen (secondary N) is 3. The van der Waals surface area contributed by atoms with E-state index in [1.165, 1.54) is 13.0 Å². The highest BCUT2D eigenvalue weighted by Gasteiger charge is 2.17. The van der Waals surface area contributed by atoms with Crippen molar-refractivity contribution >= 4 is 23.5 Å². The second-order valence-electron chi connectivity index (χ2n) is 10.8. The maximum atomic E-state index is 13.0. The number of carbonyl (C=O) groups excluding carboxylic acids is 4. The number of Topliss-reactive ketones (excluding diaryl/α,β-unsaturated/α-hetero) is 1. The maximum Gasteiger partial charge on any atom is 0.255 e. The van der Waals surface area contributed by atoms with Gasteiger partial charge in [-0.3, -0.25) is 23.9 Å². The molecule has 0 saturated carbocycles. The van der Waals surface area contributed by atoms with Crippen molar-refractivity contribution in [2.45, 2.75) is 64.3 Å². The van der Waals surface area contributed by atoms with Crippen LogP contribution in [0, 0.1) is 0 Å². The summed E-state index contributed by atoms with van der Waals surface area (Å²) in [5, 5.41) is 16.9. The summed E-state index contributed by atoms with van der Waals surface area (Å²) >= 11 is 0. The van der Waals surface area contributed by atoms with Gasteiger partial charge in [-0.25, -0.2) is 0 Å². The van der Waals surface area contributed by atoms with E-state index in [0.717, 1.165) is 5.56 Å². The highest BCUT2D eigenvalue weighted by atomic mass is 16.5. The van der Waals surface area contributed by atoms with E-state index in [1.54, 1.807) is 37.1 Å². The largest absolute Gasteiger partial charge is 0.493 e. The number of aromatic nitrogens is 3. The Morgan fingerprint density at radius 3 is 2.28 bits per heavy atom. The lowest BCUT2D eigenvalue weighted by Gasteiger charge is -2.14. The van der Waals surface area contributed by atoms with Gasteiger partial charge in [-0.15, -0.1) is 5.10 Å². The van der Waals surface area contributed by atoms with E-state index in [4.69, 9.17) is 20.9 Å². The maximum absolute atomic E-state index is 13.0. The molecular weight excluding hydrogens is 592 g/mol. The van der Waals surface area contributed by atoms with Crippen LogP contribution in [0.4, 0.5) is 0 Å². The molecule has 3 aromatic rings. The predicted octanol–water partition coefficient (Wildman–Crippen LogP) is 1.12. The van der Waals surface area contributed by atoms with Gasteiger partial charge in [0.05, 0.1) is 30.5 Å². The van der Waals surface area contributed by atoms with Gasteiger partial charge in [-0.05, 0) is 82.6 Å². The summed E-state index contributed by atoms with van der Waals surface area (Å²) in [6.07, 6.45) is 4.80. The fourth-order valence-corrected chi connectivity index (χ4v) is 4.63. The summed E-state index contributed by atoms with van der Waals surface area (Å²) in [5.74, 6) is -0.278. The van der Waals surface area contributed by atoms with Gasteiger partial charge in [-0.1, -0.05) is 17.3 Å². The Hall–Kier alpha value is -4.82. The van der Waals surface area contributed by atoms with Crippen molar-refractivity contribution in [3.63, 3.8) is 0 Å². The monoisotopic (exact) mass is 636 g/mol. The average molecular weight is 637 g/mol. The first kappa shape index (κ1) is 35.7. The van der Waals surface area contributed by atoms with Crippen LogP contribution in [0.1, 0.15) is 64.6 Å². The molecule has 3 rings (SSSR count). The van der Waals surface area contributed by atoms with Gasteiger partial charge >= 0.3 is 0 Å². The molecule has 0 aliphatic heterocycles. The molecule has 0 saturated heterocycles. The first-order valence-electron chi connectivity index (χ1n) is 15.2. The molecule has 0 radical (unpaired) electrons. The van der Waals surface area contributed by atoms with Gasteiger partial charge in [0.1, 0.15) is 23.8 Å². The van der Waals surface area contributed by atoms with Crippen LogP contribution in [0.5, 0.6) is 11.5 Å². The molecule has 1 heterocycles. The Balaban J connectivity index is 1.45. The minimum atomic E-state index is -0.435. The van der Waals surface area contributed by atoms with Gasteiger partial charge in [0, 0.05) is 25.1 Å². The summed E-state index contributed by atoms with van der Waals surface area (Å²) in [7, 11) is 3.38. The summed E-state index contributed by atoms with van der Waals surface area (Å²) in [6, 6.07) is 11.4. The molecule has 3 amide bonds. The first-order valence-corrected chi connectivity index (χ1v) is 15.2. The molecule has 0 aliphatic rings. The molecule has 2 aromatic carbocycles. The normalized spacial score (nSPS) is 12.2. The van der Waals surface area contributed by atoms with Crippen molar-refractivity contribution in [1.29, 1.82) is 0 Å². The third-order valence-electron chi connectivity index (χ3n) is 7.34. The molecule has 46 heavy (non-hydrogen) atoms. The fourth-order valence-electron chi connectivity index (χ4n) is 4.63. The summed E-state index contributed by atoms with van der Waals surface area (Å²) in [6.45, 7) is 2.91. The highest BCUT2D eigenvalue weighted by Crippen LogP contribution is 2.21. The molecule has 1 aromatic heterocycles. The van der Waals surface area contributed by atoms with Gasteiger partial charge in [0.2, 0.25) is 11.8 Å². The third kappa shape index (κ3) is 11.3. The van der Waals surface area contributed by atoms with E-state index in [0.29, 0.717) is 74.6 Å². The van der Waals surface area contributed by atoms with E-state index in [2.05, 4.69) is 26.3 Å². The molecule has 0 fully saturated rings. The van der Waals surface area contributed by atoms with E-state index >= 15 is 0 Å². The van der Waals surface area contributed by atoms with E-state index in [1.807, 2.05) is 24.3 Å². The zero-order chi connectivity index (χ0) is 33.5. The molecule has 14 nitrogen and oxygen atoms in total. The van der Waals surface area contributed by atoms with Crippen molar-refractivity contribution in [1.82, 2.24) is 30.9 Å². The predicted molar refractivity (Wildman–Crippen MR) is 171 cm³/mol. The second-order valence-corrected chi connectivity index (χ2v) is 10.8. The van der Waals surface area contributed by atoms with Crippen molar-refractivity contribution < 1.29 is 28.7 Å². The number of aryl methyl sites for hydroxylation is 1. The van der Waals surface area contributed by atoms with Crippen LogP contribution in [0.25, 0.3) is 0 Å². The van der Waals surface area contributed by atoms with Crippen LogP contribution in [0.3, 0.4) is 0 Å². The second kappa shape index (κ2) is 18.2. The van der Waals surface area contributed by atoms with E-state index < -0.39 is 23.9 Å². The molecule has 2 atom stereocenters. The Morgan fingerprint density at radius 2 is 1.63 bits per heavy atom. The van der Waals surface area contributed by atoms with Crippen LogP contribution in [0.15, 0.2) is 48.7 Å². The van der Waals surface area contributed by atoms with Gasteiger partial charge < -0.3 is 36.9 Å². The first-order chi connectivity index (χ1) is 22.1. The zero-order valence-electron chi connectivity index (χ0n) is 26.6. The lowest BCUT2D eigenvalue weighted by Crippen LogP contribution is -2.40. The van der Waals surface area contributed by atoms with E-state index in [-0.39, 0.29) is 23.9 Å². The van der Waals surface area contributed by atoms with Crippen LogP contribution in [-0.4, -0.2) is 77.8 Å². The summed E-state index contributed by atoms with van der Waals surface area (Å²) < 4.78 is 13.4. The lowest BCUT2D eigenvalue weighted by molar-refractivity contribution is -0.120. The Bertz CT molecular complexity index is 1460. The minimum absolute atomic E-state index is 0.156. The van der Waals surface area contributed by atoms with E-state index in [9.17, 15) is 19.2 Å². The molecule has 14 heteroatoms. The zero-order valence-corrected chi connectivity index (χ0v) is 26.6. The van der Waals surface area contributed by atoms with Crippen LogP contribution in [0.2, 0.25) is 0 Å². The number of unbranched alkanes of at least 4 members (excludes halogenated alkanes) is 1. The number of nitrogens with zero attached hydrogens (tertiary/aromatic N) is 3. The molecule has 0 spiro atoms. The number of likely N-dealkylation sites (N-methyl/N-ethyl adjacent to an activating group) is 2. The molecule has 0 aliphatic carbocycles. The summed E-state index contributed by atoms with van der Waals surface area (Å²) in [4.78, 5) is 47.7. The number of benzene rings is 2. The standard InChI is InChI=1S/C32H44N8O6/c1-21(41)23-10-13-29(26(18-23)32(44)37-14-5-4-7-27(35-2)30(33)42)45-16-6-15-40-19-24(38-39-40)20-46-25-11-8-22(9-12-25)17-28(36-3)31(34)43/h8-13,18-19,27-28,35-36H,4-7,14-17,20H2,1-3H3,(H2,33,42)(H2,34,43)(H,37,44). The minimum Gasteiger partial charge on any atom is -0.493 e. The number of primary amides is 2. The number of ketones is 1. The number of hydrogen-bond acceptors (Lipinski definition) is 10. The number of carbonyl (C=O) groups is 4. The fraction of sp³-hybridized carbons (Fsp3) is 0.438. The topological polar surface area (TPSA) is 206 Å². The third-order valence-corrected chi connectivity index (χ3v) is 7.34. The van der Waals surface area contributed by atoms with Gasteiger partial charge in [0.25, 0.3) is 5.91 Å². The van der Waals surface area contributed by atoms with Crippen molar-refractivity contribution in [3.05, 3.63) is 71.0 Å². The quantitative estimate of drug-likeness (QED) is 0.0832. The number of rotatable bonds is 21. The number of amides is 3. The van der Waals surface area contributed by atoms with Crippen LogP contribution in [-0.2, 0) is 29.2 Å². The van der Waals surface area contributed by atoms with Crippen molar-refractivity contribution in [2.24, 2.45) is 11.5 Å². The molecular formula is C32H44N8O6. The number of nitrogens with two attached hydrogens (primary N) is 2. The molecule has 7 N–H and O–H groups in total. The van der Waals surface area contributed by atoms with Crippen LogP contribution >= 0.6 is 0 Å². The highest BCUT2D eigenvalue weighted by molar-refractivity contribution is 6.01. The molecule has 248 valence electrons. The SMILES string of the molecule is CNC(CCCCNC(=O)c1cc(C(C)=O)ccc1OCCCn1cc(COc2ccc(CC(NC)C(N)=O)cc2)nn1)C(N)=O. The number of hydrogen-bond donors (Lipinski definition) is 5. The van der Waals surface area contributed by atoms with Crippen LogP contribution < -0.4 is 36.9 Å². The Kier molecular flexibility index (Phi) is 14.1.